The zero-order valence-electron chi connectivity index (χ0n) is 6.29. The first-order valence-corrected chi connectivity index (χ1v) is 4.76. The van der Waals surface area contributed by atoms with Crippen molar-refractivity contribution >= 4 is 12.6 Å². The number of thiol groups is 1. The van der Waals surface area contributed by atoms with Gasteiger partial charge in [0, 0.05) is 5.75 Å². The SMILES string of the molecule is O[C@@H](CS)C1CCCCC1. The second-order valence-electron chi connectivity index (χ2n) is 3.15. The average molecular weight is 160 g/mol. The summed E-state index contributed by atoms with van der Waals surface area (Å²) in [5.41, 5.74) is 0. The molecule has 0 spiro atoms. The molecule has 0 aromatic heterocycles. The van der Waals surface area contributed by atoms with E-state index in [4.69, 9.17) is 0 Å². The molecule has 0 heterocycles. The molecular formula is C8H16OS. The molecule has 1 nitrogen and oxygen atoms in total. The van der Waals surface area contributed by atoms with Gasteiger partial charge < -0.3 is 5.11 Å². The Labute approximate surface area is 68.2 Å². The van der Waals surface area contributed by atoms with Gasteiger partial charge in [-0.2, -0.15) is 12.6 Å². The van der Waals surface area contributed by atoms with E-state index >= 15 is 0 Å². The van der Waals surface area contributed by atoms with Crippen molar-refractivity contribution in [3.63, 3.8) is 0 Å². The molecule has 0 amide bonds. The number of aliphatic hydroxyl groups excluding tert-OH is 1. The molecule has 10 heavy (non-hydrogen) atoms. The van der Waals surface area contributed by atoms with Crippen molar-refractivity contribution in [2.75, 3.05) is 5.75 Å². The van der Waals surface area contributed by atoms with Gasteiger partial charge in [-0.15, -0.1) is 0 Å². The normalized spacial score (nSPS) is 24.6. The van der Waals surface area contributed by atoms with Crippen molar-refractivity contribution in [1.82, 2.24) is 0 Å². The molecule has 0 aliphatic heterocycles. The lowest BCUT2D eigenvalue weighted by atomic mass is 9.86. The molecule has 0 radical (unpaired) electrons. The Morgan fingerprint density at radius 1 is 1.30 bits per heavy atom. The quantitative estimate of drug-likeness (QED) is 0.591. The molecule has 0 saturated heterocycles. The van der Waals surface area contributed by atoms with Crippen LogP contribution in [0, 0.1) is 5.92 Å². The Morgan fingerprint density at radius 3 is 2.40 bits per heavy atom. The minimum absolute atomic E-state index is 0.149. The highest BCUT2D eigenvalue weighted by atomic mass is 32.1. The number of hydrogen-bond acceptors (Lipinski definition) is 2. The van der Waals surface area contributed by atoms with Gasteiger partial charge in [-0.1, -0.05) is 19.3 Å². The molecule has 1 atom stereocenters. The van der Waals surface area contributed by atoms with E-state index < -0.39 is 0 Å². The summed E-state index contributed by atoms with van der Waals surface area (Å²) in [6, 6.07) is 0. The number of hydrogen-bond donors (Lipinski definition) is 2. The van der Waals surface area contributed by atoms with E-state index in [1.165, 1.54) is 32.1 Å². The third-order valence-corrected chi connectivity index (χ3v) is 2.76. The second kappa shape index (κ2) is 4.24. The summed E-state index contributed by atoms with van der Waals surface area (Å²) in [6.07, 6.45) is 6.23. The first-order chi connectivity index (χ1) is 4.84. The Hall–Kier alpha value is 0.310. The van der Waals surface area contributed by atoms with Crippen LogP contribution in [0.4, 0.5) is 0 Å². The fourth-order valence-electron chi connectivity index (χ4n) is 1.67. The minimum atomic E-state index is -0.149. The van der Waals surface area contributed by atoms with Crippen molar-refractivity contribution in [1.29, 1.82) is 0 Å². The van der Waals surface area contributed by atoms with Crippen molar-refractivity contribution in [3.05, 3.63) is 0 Å². The third kappa shape index (κ3) is 2.17. The van der Waals surface area contributed by atoms with E-state index in [0.717, 1.165) is 0 Å². The van der Waals surface area contributed by atoms with Gasteiger partial charge in [-0.05, 0) is 18.8 Å². The number of aliphatic hydroxyl groups is 1. The van der Waals surface area contributed by atoms with Crippen LogP contribution in [0.25, 0.3) is 0 Å². The molecule has 1 aliphatic carbocycles. The number of rotatable bonds is 2. The first kappa shape index (κ1) is 8.41. The smallest absolute Gasteiger partial charge is 0.0656 e. The van der Waals surface area contributed by atoms with Crippen LogP contribution in [0.15, 0.2) is 0 Å². The molecule has 0 bridgehead atoms. The van der Waals surface area contributed by atoms with E-state index in [9.17, 15) is 5.11 Å². The molecule has 0 aromatic rings. The molecule has 1 aliphatic rings. The van der Waals surface area contributed by atoms with Gasteiger partial charge >= 0.3 is 0 Å². The van der Waals surface area contributed by atoms with E-state index in [-0.39, 0.29) is 6.10 Å². The lowest BCUT2D eigenvalue weighted by Gasteiger charge is -2.25. The predicted octanol–water partition coefficient (Wildman–Crippen LogP) is 1.86. The van der Waals surface area contributed by atoms with Crippen LogP contribution in [0.3, 0.4) is 0 Å². The summed E-state index contributed by atoms with van der Waals surface area (Å²) in [5.74, 6) is 1.18. The molecule has 1 rings (SSSR count). The van der Waals surface area contributed by atoms with Crippen LogP contribution in [-0.4, -0.2) is 17.0 Å². The molecular weight excluding hydrogens is 144 g/mol. The standard InChI is InChI=1S/C8H16OS/c9-8(6-10)7-4-2-1-3-5-7/h7-10H,1-6H2/t8-/m0/s1. The zero-order chi connectivity index (χ0) is 7.40. The van der Waals surface area contributed by atoms with E-state index in [1.807, 2.05) is 0 Å². The topological polar surface area (TPSA) is 20.2 Å². The summed E-state index contributed by atoms with van der Waals surface area (Å²) in [4.78, 5) is 0. The largest absolute Gasteiger partial charge is 0.392 e. The van der Waals surface area contributed by atoms with Gasteiger partial charge in [0.1, 0.15) is 0 Å². The van der Waals surface area contributed by atoms with E-state index in [2.05, 4.69) is 12.6 Å². The fourth-order valence-corrected chi connectivity index (χ4v) is 1.97. The van der Waals surface area contributed by atoms with Crippen LogP contribution in [0.2, 0.25) is 0 Å². The molecule has 60 valence electrons. The third-order valence-electron chi connectivity index (χ3n) is 2.38. The highest BCUT2D eigenvalue weighted by Crippen LogP contribution is 2.26. The summed E-state index contributed by atoms with van der Waals surface area (Å²) in [7, 11) is 0. The molecule has 1 N–H and O–H groups in total. The van der Waals surface area contributed by atoms with Gasteiger partial charge in [-0.25, -0.2) is 0 Å². The minimum Gasteiger partial charge on any atom is -0.392 e. The van der Waals surface area contributed by atoms with Crippen molar-refractivity contribution in [2.45, 2.75) is 38.2 Å². The van der Waals surface area contributed by atoms with Crippen LogP contribution >= 0.6 is 12.6 Å². The maximum atomic E-state index is 9.41. The van der Waals surface area contributed by atoms with Gasteiger partial charge in [-0.3, -0.25) is 0 Å². The van der Waals surface area contributed by atoms with Gasteiger partial charge in [0.05, 0.1) is 6.10 Å². The highest BCUT2D eigenvalue weighted by molar-refractivity contribution is 7.80. The molecule has 1 saturated carbocycles. The molecule has 0 aromatic carbocycles. The lowest BCUT2D eigenvalue weighted by Crippen LogP contribution is -2.24. The van der Waals surface area contributed by atoms with Gasteiger partial charge in [0.25, 0.3) is 0 Å². The Morgan fingerprint density at radius 2 is 1.90 bits per heavy atom. The maximum absolute atomic E-state index is 9.41. The van der Waals surface area contributed by atoms with Crippen molar-refractivity contribution < 1.29 is 5.11 Å². The fraction of sp³-hybridized carbons (Fsp3) is 1.00. The zero-order valence-corrected chi connectivity index (χ0v) is 7.19. The molecule has 0 unspecified atom stereocenters. The van der Waals surface area contributed by atoms with Crippen LogP contribution in [0.5, 0.6) is 0 Å². The van der Waals surface area contributed by atoms with Crippen LogP contribution < -0.4 is 0 Å². The second-order valence-corrected chi connectivity index (χ2v) is 3.51. The maximum Gasteiger partial charge on any atom is 0.0656 e. The monoisotopic (exact) mass is 160 g/mol. The average Bonchev–Trinajstić information content (AvgIpc) is 2.05. The summed E-state index contributed by atoms with van der Waals surface area (Å²) < 4.78 is 0. The van der Waals surface area contributed by atoms with Crippen LogP contribution in [0.1, 0.15) is 32.1 Å². The highest BCUT2D eigenvalue weighted by Gasteiger charge is 2.19. The summed E-state index contributed by atoms with van der Waals surface area (Å²) in [6.45, 7) is 0. The lowest BCUT2D eigenvalue weighted by molar-refractivity contribution is 0.105. The van der Waals surface area contributed by atoms with Crippen molar-refractivity contribution in [3.8, 4) is 0 Å². The Balaban J connectivity index is 2.24. The molecule has 1 fully saturated rings. The Kier molecular flexibility index (Phi) is 3.57. The van der Waals surface area contributed by atoms with E-state index in [1.54, 1.807) is 0 Å². The summed E-state index contributed by atoms with van der Waals surface area (Å²) >= 11 is 4.08. The van der Waals surface area contributed by atoms with Crippen molar-refractivity contribution in [2.24, 2.45) is 5.92 Å². The van der Waals surface area contributed by atoms with E-state index in [0.29, 0.717) is 11.7 Å². The van der Waals surface area contributed by atoms with Gasteiger partial charge in [0.15, 0.2) is 0 Å². The van der Waals surface area contributed by atoms with Crippen LogP contribution in [-0.2, 0) is 0 Å². The summed E-state index contributed by atoms with van der Waals surface area (Å²) in [5, 5.41) is 9.41. The van der Waals surface area contributed by atoms with Gasteiger partial charge in [0.2, 0.25) is 0 Å². The molecule has 2 heteroatoms. The predicted molar refractivity (Wildman–Crippen MR) is 46.4 cm³/mol. The first-order valence-electron chi connectivity index (χ1n) is 4.13. The Bertz CT molecular complexity index is 89.3.